The number of ether oxygens (including phenoxy) is 1. The van der Waals surface area contributed by atoms with Gasteiger partial charge in [-0.3, -0.25) is 4.90 Å². The van der Waals surface area contributed by atoms with Crippen LogP contribution < -0.4 is 0 Å². The van der Waals surface area contributed by atoms with Gasteiger partial charge in [0, 0.05) is 13.1 Å². The molecule has 0 aromatic heterocycles. The van der Waals surface area contributed by atoms with E-state index < -0.39 is 11.6 Å². The monoisotopic (exact) mass is 269 g/mol. The van der Waals surface area contributed by atoms with Gasteiger partial charge in [0.1, 0.15) is 0 Å². The van der Waals surface area contributed by atoms with Gasteiger partial charge in [-0.2, -0.15) is 0 Å². The van der Waals surface area contributed by atoms with Crippen molar-refractivity contribution in [3.63, 3.8) is 0 Å². The predicted octanol–water partition coefficient (Wildman–Crippen LogP) is 3.53. The highest BCUT2D eigenvalue weighted by atomic mass is 19.2. The number of halogens is 2. The summed E-state index contributed by atoms with van der Waals surface area (Å²) in [6.45, 7) is 5.56. The molecule has 1 unspecified atom stereocenters. The maximum absolute atomic E-state index is 13.2. The van der Waals surface area contributed by atoms with Crippen molar-refractivity contribution in [3.05, 3.63) is 35.4 Å². The Hall–Kier alpha value is -1.00. The molecule has 19 heavy (non-hydrogen) atoms. The Bertz CT molecular complexity index is 411. The average molecular weight is 269 g/mol. The van der Waals surface area contributed by atoms with E-state index in [1.807, 2.05) is 0 Å². The van der Waals surface area contributed by atoms with Crippen LogP contribution in [0.5, 0.6) is 0 Å². The van der Waals surface area contributed by atoms with Gasteiger partial charge in [-0.05, 0) is 30.7 Å². The number of unbranched alkanes of at least 4 members (excludes halogenated alkanes) is 2. The lowest BCUT2D eigenvalue weighted by atomic mass is 10.1. The van der Waals surface area contributed by atoms with Crippen molar-refractivity contribution in [2.24, 2.45) is 0 Å². The van der Waals surface area contributed by atoms with Crippen LogP contribution in [-0.2, 0) is 4.74 Å². The van der Waals surface area contributed by atoms with Crippen molar-refractivity contribution in [1.29, 1.82) is 0 Å². The third-order valence-electron chi connectivity index (χ3n) is 3.54. The summed E-state index contributed by atoms with van der Waals surface area (Å²) in [4.78, 5) is 2.34. The molecule has 1 heterocycles. The molecule has 2 nitrogen and oxygen atoms in total. The zero-order valence-electron chi connectivity index (χ0n) is 11.4. The maximum atomic E-state index is 13.2. The molecule has 1 saturated heterocycles. The standard InChI is InChI=1S/C15H21F2NO/c1-2-3-4-7-18-8-9-19-15(11-18)12-5-6-13(16)14(17)10-12/h5-6,10,15H,2-4,7-9,11H2,1H3. The normalized spacial score (nSPS) is 20.7. The molecule has 0 bridgehead atoms. The van der Waals surface area contributed by atoms with E-state index in [1.165, 1.54) is 31.4 Å². The van der Waals surface area contributed by atoms with E-state index >= 15 is 0 Å². The van der Waals surface area contributed by atoms with Gasteiger partial charge in [0.2, 0.25) is 0 Å². The largest absolute Gasteiger partial charge is 0.371 e. The average Bonchev–Trinajstić information content (AvgIpc) is 2.43. The quantitative estimate of drug-likeness (QED) is 0.758. The second-order valence-corrected chi connectivity index (χ2v) is 5.04. The van der Waals surface area contributed by atoms with E-state index in [1.54, 1.807) is 6.07 Å². The third kappa shape index (κ3) is 3.98. The smallest absolute Gasteiger partial charge is 0.159 e. The number of hydrogen-bond acceptors (Lipinski definition) is 2. The van der Waals surface area contributed by atoms with E-state index in [0.29, 0.717) is 6.61 Å². The van der Waals surface area contributed by atoms with Crippen LogP contribution in [-0.4, -0.2) is 31.1 Å². The summed E-state index contributed by atoms with van der Waals surface area (Å²) in [6, 6.07) is 4.03. The Morgan fingerprint density at radius 1 is 1.26 bits per heavy atom. The molecule has 0 saturated carbocycles. The molecule has 0 amide bonds. The van der Waals surface area contributed by atoms with Gasteiger partial charge in [0.15, 0.2) is 11.6 Å². The Kier molecular flexibility index (Phi) is 5.28. The zero-order chi connectivity index (χ0) is 13.7. The number of nitrogens with zero attached hydrogens (tertiary/aromatic N) is 1. The fourth-order valence-corrected chi connectivity index (χ4v) is 2.41. The molecule has 1 atom stereocenters. The second kappa shape index (κ2) is 6.96. The molecule has 2 rings (SSSR count). The number of hydrogen-bond donors (Lipinski definition) is 0. The summed E-state index contributed by atoms with van der Waals surface area (Å²) in [5, 5.41) is 0. The lowest BCUT2D eigenvalue weighted by molar-refractivity contribution is -0.0305. The van der Waals surface area contributed by atoms with Crippen molar-refractivity contribution in [2.45, 2.75) is 32.3 Å². The summed E-state index contributed by atoms with van der Waals surface area (Å²) < 4.78 is 31.8. The van der Waals surface area contributed by atoms with Crippen LogP contribution in [0.25, 0.3) is 0 Å². The third-order valence-corrected chi connectivity index (χ3v) is 3.54. The van der Waals surface area contributed by atoms with E-state index in [2.05, 4.69) is 11.8 Å². The van der Waals surface area contributed by atoms with Crippen LogP contribution in [0.2, 0.25) is 0 Å². The van der Waals surface area contributed by atoms with Crippen LogP contribution in [0.1, 0.15) is 37.9 Å². The summed E-state index contributed by atoms with van der Waals surface area (Å²) in [6.07, 6.45) is 3.47. The first-order valence-electron chi connectivity index (χ1n) is 6.99. The highest BCUT2D eigenvalue weighted by Gasteiger charge is 2.22. The van der Waals surface area contributed by atoms with Gasteiger partial charge in [0.05, 0.1) is 12.7 Å². The Labute approximate surface area is 113 Å². The number of rotatable bonds is 5. The molecule has 4 heteroatoms. The van der Waals surface area contributed by atoms with Crippen molar-refractivity contribution >= 4 is 0 Å². The molecular formula is C15H21F2NO. The van der Waals surface area contributed by atoms with Crippen molar-refractivity contribution in [2.75, 3.05) is 26.2 Å². The summed E-state index contributed by atoms with van der Waals surface area (Å²) in [5.74, 6) is -1.61. The van der Waals surface area contributed by atoms with Crippen LogP contribution in [0, 0.1) is 11.6 Å². The minimum absolute atomic E-state index is 0.148. The van der Waals surface area contributed by atoms with Crippen molar-refractivity contribution in [1.82, 2.24) is 4.90 Å². The van der Waals surface area contributed by atoms with E-state index in [-0.39, 0.29) is 6.10 Å². The summed E-state index contributed by atoms with van der Waals surface area (Å²) in [7, 11) is 0. The lowest BCUT2D eigenvalue weighted by Gasteiger charge is -2.33. The minimum atomic E-state index is -0.806. The van der Waals surface area contributed by atoms with Crippen LogP contribution >= 0.6 is 0 Å². The van der Waals surface area contributed by atoms with Crippen LogP contribution in [0.3, 0.4) is 0 Å². The first kappa shape index (κ1) is 14.4. The highest BCUT2D eigenvalue weighted by Crippen LogP contribution is 2.23. The van der Waals surface area contributed by atoms with Gasteiger partial charge >= 0.3 is 0 Å². The number of morpholine rings is 1. The van der Waals surface area contributed by atoms with E-state index in [9.17, 15) is 8.78 Å². The molecule has 1 aromatic carbocycles. The Morgan fingerprint density at radius 2 is 2.11 bits per heavy atom. The first-order chi connectivity index (χ1) is 9.20. The molecule has 1 fully saturated rings. The molecule has 106 valence electrons. The van der Waals surface area contributed by atoms with Crippen molar-refractivity contribution in [3.8, 4) is 0 Å². The summed E-state index contributed by atoms with van der Waals surface area (Å²) in [5.41, 5.74) is 0.721. The molecule has 0 radical (unpaired) electrons. The van der Waals surface area contributed by atoms with E-state index in [0.717, 1.165) is 25.2 Å². The van der Waals surface area contributed by atoms with E-state index in [4.69, 9.17) is 4.74 Å². The van der Waals surface area contributed by atoms with Crippen LogP contribution in [0.4, 0.5) is 8.78 Å². The zero-order valence-corrected chi connectivity index (χ0v) is 11.4. The van der Waals surface area contributed by atoms with Crippen molar-refractivity contribution < 1.29 is 13.5 Å². The highest BCUT2D eigenvalue weighted by molar-refractivity contribution is 5.20. The first-order valence-corrected chi connectivity index (χ1v) is 6.99. The Morgan fingerprint density at radius 3 is 2.84 bits per heavy atom. The molecular weight excluding hydrogens is 248 g/mol. The molecule has 0 spiro atoms. The van der Waals surface area contributed by atoms with Gasteiger partial charge in [-0.25, -0.2) is 8.78 Å². The summed E-state index contributed by atoms with van der Waals surface area (Å²) >= 11 is 0. The number of benzene rings is 1. The van der Waals surface area contributed by atoms with Gasteiger partial charge in [0.25, 0.3) is 0 Å². The van der Waals surface area contributed by atoms with Gasteiger partial charge in [-0.15, -0.1) is 0 Å². The maximum Gasteiger partial charge on any atom is 0.159 e. The Balaban J connectivity index is 1.94. The molecule has 1 aliphatic rings. The fraction of sp³-hybridized carbons (Fsp3) is 0.600. The predicted molar refractivity (Wildman–Crippen MR) is 71.0 cm³/mol. The van der Waals surface area contributed by atoms with Gasteiger partial charge < -0.3 is 4.74 Å². The fourth-order valence-electron chi connectivity index (χ4n) is 2.41. The molecule has 1 aromatic rings. The van der Waals surface area contributed by atoms with Gasteiger partial charge in [-0.1, -0.05) is 25.8 Å². The minimum Gasteiger partial charge on any atom is -0.371 e. The van der Waals surface area contributed by atoms with Crippen LogP contribution in [0.15, 0.2) is 18.2 Å². The lowest BCUT2D eigenvalue weighted by Crippen LogP contribution is -2.38. The molecule has 1 aliphatic heterocycles. The SMILES string of the molecule is CCCCCN1CCOC(c2ccc(F)c(F)c2)C1. The molecule has 0 N–H and O–H groups in total. The second-order valence-electron chi connectivity index (χ2n) is 5.04. The topological polar surface area (TPSA) is 12.5 Å². The molecule has 0 aliphatic carbocycles.